The number of hydrogen-bond acceptors (Lipinski definition) is 5. The van der Waals surface area contributed by atoms with E-state index in [1.807, 2.05) is 37.3 Å². The highest BCUT2D eigenvalue weighted by molar-refractivity contribution is 5.89. The predicted octanol–water partition coefficient (Wildman–Crippen LogP) is 3.48. The average Bonchev–Trinajstić information content (AvgIpc) is 2.55. The molecule has 1 saturated heterocycles. The molecule has 1 aliphatic heterocycles. The van der Waals surface area contributed by atoms with E-state index in [-0.39, 0.29) is 5.91 Å². The number of benzene rings is 1. The minimum Gasteiger partial charge on any atom is -0.341 e. The first-order chi connectivity index (χ1) is 11.6. The molecule has 1 aromatic carbocycles. The van der Waals surface area contributed by atoms with Crippen LogP contribution in [0.25, 0.3) is 0 Å². The van der Waals surface area contributed by atoms with E-state index in [0.717, 1.165) is 41.9 Å². The third-order valence-corrected chi connectivity index (χ3v) is 3.94. The molecule has 24 heavy (non-hydrogen) atoms. The second-order valence-electron chi connectivity index (χ2n) is 6.13. The number of rotatable bonds is 4. The van der Waals surface area contributed by atoms with Crippen molar-refractivity contribution in [1.29, 1.82) is 0 Å². The number of hydrogen-bond donors (Lipinski definition) is 2. The summed E-state index contributed by atoms with van der Waals surface area (Å²) in [6.07, 6.45) is 3.67. The lowest BCUT2D eigenvalue weighted by atomic mass is 10.1. The highest BCUT2D eigenvalue weighted by atomic mass is 16.1. The zero-order valence-electron chi connectivity index (χ0n) is 14.2. The standard InChI is InChI=1S/C18H23N5O/c1-13-11-17(22-18(19-13)23-9-4-3-5-10-23)21-16-8-6-7-15(12-16)20-14(2)24/h6-8,11-12H,3-5,9-10H2,1-2H3,(H,20,24)(H,19,21,22). The number of carbonyl (C=O) groups excluding carboxylic acids is 1. The zero-order valence-corrected chi connectivity index (χ0v) is 14.2. The monoisotopic (exact) mass is 325 g/mol. The molecule has 6 heteroatoms. The van der Waals surface area contributed by atoms with Gasteiger partial charge in [0.25, 0.3) is 0 Å². The minimum absolute atomic E-state index is 0.0857. The van der Waals surface area contributed by atoms with Crippen LogP contribution in [0.5, 0.6) is 0 Å². The van der Waals surface area contributed by atoms with E-state index in [1.165, 1.54) is 26.2 Å². The molecule has 0 aliphatic carbocycles. The summed E-state index contributed by atoms with van der Waals surface area (Å²) in [4.78, 5) is 22.7. The molecule has 0 unspecified atom stereocenters. The molecule has 0 atom stereocenters. The SMILES string of the molecule is CC(=O)Nc1cccc(Nc2cc(C)nc(N3CCCCC3)n2)c1. The molecule has 0 saturated carbocycles. The number of piperidine rings is 1. The fourth-order valence-corrected chi connectivity index (χ4v) is 2.88. The number of aromatic nitrogens is 2. The molecule has 2 N–H and O–H groups in total. The van der Waals surface area contributed by atoms with Gasteiger partial charge in [-0.05, 0) is 44.4 Å². The van der Waals surface area contributed by atoms with Gasteiger partial charge in [0.2, 0.25) is 11.9 Å². The Balaban J connectivity index is 1.79. The van der Waals surface area contributed by atoms with Crippen LogP contribution in [-0.4, -0.2) is 29.0 Å². The van der Waals surface area contributed by atoms with Gasteiger partial charge in [-0.15, -0.1) is 0 Å². The second kappa shape index (κ2) is 7.29. The molecule has 1 aromatic heterocycles. The van der Waals surface area contributed by atoms with Crippen LogP contribution < -0.4 is 15.5 Å². The number of amides is 1. The summed E-state index contributed by atoms with van der Waals surface area (Å²) < 4.78 is 0. The summed E-state index contributed by atoms with van der Waals surface area (Å²) in [5.41, 5.74) is 2.57. The first-order valence-corrected chi connectivity index (χ1v) is 8.35. The zero-order chi connectivity index (χ0) is 16.9. The van der Waals surface area contributed by atoms with Crippen molar-refractivity contribution in [3.8, 4) is 0 Å². The van der Waals surface area contributed by atoms with Gasteiger partial charge in [-0.2, -0.15) is 4.98 Å². The Bertz CT molecular complexity index is 725. The quantitative estimate of drug-likeness (QED) is 0.900. The third-order valence-electron chi connectivity index (χ3n) is 3.94. The fourth-order valence-electron chi connectivity index (χ4n) is 2.88. The summed E-state index contributed by atoms with van der Waals surface area (Å²) in [7, 11) is 0. The molecular formula is C18H23N5O. The van der Waals surface area contributed by atoms with Crippen molar-refractivity contribution in [2.24, 2.45) is 0 Å². The number of nitrogens with one attached hydrogen (secondary N) is 2. The third kappa shape index (κ3) is 4.22. The minimum atomic E-state index is -0.0857. The molecule has 2 aromatic rings. The van der Waals surface area contributed by atoms with Crippen LogP contribution in [0.4, 0.5) is 23.1 Å². The molecule has 0 radical (unpaired) electrons. The van der Waals surface area contributed by atoms with E-state index in [2.05, 4.69) is 25.5 Å². The van der Waals surface area contributed by atoms with E-state index < -0.39 is 0 Å². The van der Waals surface area contributed by atoms with Crippen LogP contribution in [-0.2, 0) is 4.79 Å². The van der Waals surface area contributed by atoms with Crippen LogP contribution in [0.3, 0.4) is 0 Å². The van der Waals surface area contributed by atoms with E-state index in [0.29, 0.717) is 0 Å². The van der Waals surface area contributed by atoms with Crippen molar-refractivity contribution in [3.05, 3.63) is 36.0 Å². The number of carbonyl (C=O) groups is 1. The van der Waals surface area contributed by atoms with Gasteiger partial charge in [0.1, 0.15) is 5.82 Å². The Morgan fingerprint density at radius 3 is 2.58 bits per heavy atom. The highest BCUT2D eigenvalue weighted by Crippen LogP contribution is 2.22. The van der Waals surface area contributed by atoms with Gasteiger partial charge >= 0.3 is 0 Å². The second-order valence-corrected chi connectivity index (χ2v) is 6.13. The summed E-state index contributed by atoms with van der Waals surface area (Å²) in [5, 5.41) is 6.09. The summed E-state index contributed by atoms with van der Waals surface area (Å²) >= 11 is 0. The average molecular weight is 325 g/mol. The van der Waals surface area contributed by atoms with Gasteiger partial charge in [-0.3, -0.25) is 4.79 Å². The van der Waals surface area contributed by atoms with Crippen molar-refractivity contribution < 1.29 is 4.79 Å². The Morgan fingerprint density at radius 2 is 1.83 bits per heavy atom. The predicted molar refractivity (Wildman–Crippen MR) is 96.9 cm³/mol. The molecule has 2 heterocycles. The van der Waals surface area contributed by atoms with Crippen LogP contribution in [0.2, 0.25) is 0 Å². The lowest BCUT2D eigenvalue weighted by Gasteiger charge is -2.27. The van der Waals surface area contributed by atoms with E-state index in [1.54, 1.807) is 0 Å². The van der Waals surface area contributed by atoms with Gasteiger partial charge in [-0.25, -0.2) is 4.98 Å². The highest BCUT2D eigenvalue weighted by Gasteiger charge is 2.14. The molecule has 126 valence electrons. The normalized spacial score (nSPS) is 14.3. The maximum Gasteiger partial charge on any atom is 0.227 e. The molecule has 0 bridgehead atoms. The van der Waals surface area contributed by atoms with Crippen molar-refractivity contribution in [2.45, 2.75) is 33.1 Å². The fraction of sp³-hybridized carbons (Fsp3) is 0.389. The summed E-state index contributed by atoms with van der Waals surface area (Å²) in [5.74, 6) is 1.47. The maximum atomic E-state index is 11.2. The van der Waals surface area contributed by atoms with Gasteiger partial charge in [-0.1, -0.05) is 6.07 Å². The van der Waals surface area contributed by atoms with Crippen LogP contribution in [0, 0.1) is 6.92 Å². The molecule has 3 rings (SSSR count). The van der Waals surface area contributed by atoms with E-state index >= 15 is 0 Å². The first kappa shape index (κ1) is 16.2. The topological polar surface area (TPSA) is 70.2 Å². The lowest BCUT2D eigenvalue weighted by Crippen LogP contribution is -2.31. The van der Waals surface area contributed by atoms with Crippen LogP contribution >= 0.6 is 0 Å². The Hall–Kier alpha value is -2.63. The summed E-state index contributed by atoms with van der Waals surface area (Å²) in [6.45, 7) is 5.51. The Kier molecular flexibility index (Phi) is 4.93. The van der Waals surface area contributed by atoms with Crippen LogP contribution in [0.1, 0.15) is 31.9 Å². The molecule has 1 aliphatic rings. The van der Waals surface area contributed by atoms with Gasteiger partial charge in [0, 0.05) is 43.1 Å². The first-order valence-electron chi connectivity index (χ1n) is 8.35. The molecular weight excluding hydrogens is 302 g/mol. The number of aryl methyl sites for hydroxylation is 1. The van der Waals surface area contributed by atoms with Crippen molar-refractivity contribution in [1.82, 2.24) is 9.97 Å². The van der Waals surface area contributed by atoms with Crippen LogP contribution in [0.15, 0.2) is 30.3 Å². The number of nitrogens with zero attached hydrogens (tertiary/aromatic N) is 3. The van der Waals surface area contributed by atoms with Crippen molar-refractivity contribution in [2.75, 3.05) is 28.6 Å². The number of anilines is 4. The molecule has 1 amide bonds. The van der Waals surface area contributed by atoms with E-state index in [4.69, 9.17) is 0 Å². The van der Waals surface area contributed by atoms with Gasteiger partial charge in [0.05, 0.1) is 0 Å². The maximum absolute atomic E-state index is 11.2. The Morgan fingerprint density at radius 1 is 1.08 bits per heavy atom. The molecule has 1 fully saturated rings. The summed E-state index contributed by atoms with van der Waals surface area (Å²) in [6, 6.07) is 9.52. The van der Waals surface area contributed by atoms with Gasteiger partial charge < -0.3 is 15.5 Å². The van der Waals surface area contributed by atoms with Gasteiger partial charge in [0.15, 0.2) is 0 Å². The van der Waals surface area contributed by atoms with Crippen molar-refractivity contribution >= 4 is 29.0 Å². The smallest absolute Gasteiger partial charge is 0.227 e. The molecule has 6 nitrogen and oxygen atoms in total. The molecule has 0 spiro atoms. The largest absolute Gasteiger partial charge is 0.341 e. The Labute approximate surface area is 142 Å². The van der Waals surface area contributed by atoms with Crippen molar-refractivity contribution in [3.63, 3.8) is 0 Å². The van der Waals surface area contributed by atoms with E-state index in [9.17, 15) is 4.79 Å². The lowest BCUT2D eigenvalue weighted by molar-refractivity contribution is -0.114.